The van der Waals surface area contributed by atoms with Crippen LogP contribution in [0.4, 0.5) is 0 Å². The number of pyridine rings is 1. The van der Waals surface area contributed by atoms with E-state index in [9.17, 15) is 4.79 Å². The summed E-state index contributed by atoms with van der Waals surface area (Å²) in [5, 5.41) is 7.11. The van der Waals surface area contributed by atoms with Crippen molar-refractivity contribution < 1.29 is 9.53 Å². The minimum Gasteiger partial charge on any atom is -0.438 e. The summed E-state index contributed by atoms with van der Waals surface area (Å²) in [5.41, 5.74) is 2.23. The van der Waals surface area contributed by atoms with Gasteiger partial charge in [-0.2, -0.15) is 5.10 Å². The van der Waals surface area contributed by atoms with Crippen LogP contribution in [0.25, 0.3) is 5.69 Å². The molecule has 0 fully saturated rings. The van der Waals surface area contributed by atoms with Gasteiger partial charge in [0.2, 0.25) is 5.88 Å². The van der Waals surface area contributed by atoms with Gasteiger partial charge in [-0.1, -0.05) is 28.1 Å². The molecule has 0 aliphatic heterocycles. The minimum atomic E-state index is -0.261. The quantitative estimate of drug-likeness (QED) is 0.447. The van der Waals surface area contributed by atoms with Crippen LogP contribution in [-0.2, 0) is 0 Å². The summed E-state index contributed by atoms with van der Waals surface area (Å²) in [7, 11) is 0. The van der Waals surface area contributed by atoms with Crippen LogP contribution in [0.2, 0.25) is 0 Å². The smallest absolute Gasteiger partial charge is 0.257 e. The molecule has 7 nitrogen and oxygen atoms in total. The highest BCUT2D eigenvalue weighted by atomic mass is 79.9. The Morgan fingerprint density at radius 3 is 2.57 bits per heavy atom. The molecule has 0 aliphatic rings. The molecular weight excluding hydrogens is 446 g/mol. The summed E-state index contributed by atoms with van der Waals surface area (Å²) in [6, 6.07) is 18.3. The Bertz CT molecular complexity index is 1130. The maximum Gasteiger partial charge on any atom is 0.257 e. The molecule has 2 aromatic heterocycles. The molecule has 0 spiro atoms. The molecular formula is C22H18BrN5O2. The largest absolute Gasteiger partial charge is 0.438 e. The number of hydrogen-bond donors (Lipinski definition) is 1. The molecule has 2 heterocycles. The SMILES string of the molecule is CC(NC(=O)c1cccnc1Oc1ccc(Br)cc1)c1ccc(-n2cncn2)cc1. The predicted molar refractivity (Wildman–Crippen MR) is 116 cm³/mol. The Kier molecular flexibility index (Phi) is 5.85. The van der Waals surface area contributed by atoms with Crippen molar-refractivity contribution in [3.8, 4) is 17.3 Å². The van der Waals surface area contributed by atoms with Gasteiger partial charge in [0, 0.05) is 10.7 Å². The number of halogens is 1. The van der Waals surface area contributed by atoms with Crippen molar-refractivity contribution in [2.75, 3.05) is 0 Å². The summed E-state index contributed by atoms with van der Waals surface area (Å²) >= 11 is 3.39. The molecule has 0 saturated carbocycles. The average Bonchev–Trinajstić information content (AvgIpc) is 3.31. The van der Waals surface area contributed by atoms with Gasteiger partial charge in [0.25, 0.3) is 5.91 Å². The van der Waals surface area contributed by atoms with Crippen molar-refractivity contribution in [2.45, 2.75) is 13.0 Å². The van der Waals surface area contributed by atoms with Crippen LogP contribution in [0.15, 0.2) is 84.0 Å². The van der Waals surface area contributed by atoms with Gasteiger partial charge in [0.15, 0.2) is 0 Å². The molecule has 30 heavy (non-hydrogen) atoms. The zero-order valence-electron chi connectivity index (χ0n) is 16.1. The van der Waals surface area contributed by atoms with Crippen LogP contribution in [-0.4, -0.2) is 25.7 Å². The van der Waals surface area contributed by atoms with Gasteiger partial charge in [0.05, 0.1) is 11.7 Å². The van der Waals surface area contributed by atoms with E-state index in [0.29, 0.717) is 11.3 Å². The average molecular weight is 464 g/mol. The highest BCUT2D eigenvalue weighted by Gasteiger charge is 2.17. The van der Waals surface area contributed by atoms with E-state index >= 15 is 0 Å². The summed E-state index contributed by atoms with van der Waals surface area (Å²) < 4.78 is 8.44. The second-order valence-electron chi connectivity index (χ2n) is 6.54. The van der Waals surface area contributed by atoms with Crippen LogP contribution in [0, 0.1) is 0 Å². The third kappa shape index (κ3) is 4.55. The lowest BCUT2D eigenvalue weighted by molar-refractivity contribution is 0.0937. The van der Waals surface area contributed by atoms with Gasteiger partial charge in [-0.05, 0) is 61.0 Å². The second-order valence-corrected chi connectivity index (χ2v) is 7.45. The number of aromatic nitrogens is 4. The van der Waals surface area contributed by atoms with E-state index in [4.69, 9.17) is 4.74 Å². The van der Waals surface area contributed by atoms with E-state index in [1.54, 1.807) is 41.5 Å². The van der Waals surface area contributed by atoms with Crippen molar-refractivity contribution >= 4 is 21.8 Å². The standard InChI is InChI=1S/C22H18BrN5O2/c1-15(16-4-8-18(9-5-16)28-14-24-13-26-28)27-21(29)20-3-2-12-25-22(20)30-19-10-6-17(23)7-11-19/h2-15H,1H3,(H,27,29). The number of nitrogens with zero attached hydrogens (tertiary/aromatic N) is 4. The fourth-order valence-corrected chi connectivity index (χ4v) is 3.14. The first-order valence-corrected chi connectivity index (χ1v) is 10.0. The third-order valence-electron chi connectivity index (χ3n) is 4.47. The first-order chi connectivity index (χ1) is 14.6. The number of benzene rings is 2. The number of ether oxygens (including phenoxy) is 1. The lowest BCUT2D eigenvalue weighted by atomic mass is 10.1. The molecule has 0 saturated heterocycles. The van der Waals surface area contributed by atoms with Gasteiger partial charge in [0.1, 0.15) is 24.0 Å². The van der Waals surface area contributed by atoms with Crippen molar-refractivity contribution in [1.29, 1.82) is 0 Å². The molecule has 2 aromatic carbocycles. The lowest BCUT2D eigenvalue weighted by Crippen LogP contribution is -2.27. The van der Waals surface area contributed by atoms with E-state index in [0.717, 1.165) is 15.7 Å². The molecule has 1 amide bonds. The normalized spacial score (nSPS) is 11.7. The van der Waals surface area contributed by atoms with Crippen molar-refractivity contribution in [3.05, 3.63) is 95.1 Å². The van der Waals surface area contributed by atoms with Crippen molar-refractivity contribution in [2.24, 2.45) is 0 Å². The first kappa shape index (κ1) is 19.8. The molecule has 0 aliphatic carbocycles. The number of carbonyl (C=O) groups excluding carboxylic acids is 1. The summed E-state index contributed by atoms with van der Waals surface area (Å²) in [5.74, 6) is 0.594. The van der Waals surface area contributed by atoms with Crippen molar-refractivity contribution in [3.63, 3.8) is 0 Å². The Balaban J connectivity index is 1.47. The van der Waals surface area contributed by atoms with Gasteiger partial charge >= 0.3 is 0 Å². The summed E-state index contributed by atoms with van der Waals surface area (Å²) in [6.07, 6.45) is 4.71. The molecule has 0 radical (unpaired) electrons. The van der Waals surface area contributed by atoms with Gasteiger partial charge in [-0.25, -0.2) is 14.6 Å². The zero-order chi connectivity index (χ0) is 20.9. The molecule has 4 aromatic rings. The molecule has 1 unspecified atom stereocenters. The molecule has 150 valence electrons. The van der Waals surface area contributed by atoms with Crippen LogP contribution in [0.3, 0.4) is 0 Å². The lowest BCUT2D eigenvalue weighted by Gasteiger charge is -2.16. The van der Waals surface area contributed by atoms with Crippen LogP contribution in [0.1, 0.15) is 28.9 Å². The number of nitrogens with one attached hydrogen (secondary N) is 1. The Labute approximate surface area is 181 Å². The van der Waals surface area contributed by atoms with Gasteiger partial charge in [-0.15, -0.1) is 0 Å². The van der Waals surface area contributed by atoms with E-state index in [-0.39, 0.29) is 17.8 Å². The van der Waals surface area contributed by atoms with Gasteiger partial charge in [-0.3, -0.25) is 4.79 Å². The fourth-order valence-electron chi connectivity index (χ4n) is 2.87. The molecule has 0 bridgehead atoms. The summed E-state index contributed by atoms with van der Waals surface area (Å²) in [4.78, 5) is 21.1. The number of hydrogen-bond acceptors (Lipinski definition) is 5. The predicted octanol–water partition coefficient (Wildman–Crippen LogP) is 4.71. The maximum absolute atomic E-state index is 12.9. The Morgan fingerprint density at radius 1 is 1.10 bits per heavy atom. The highest BCUT2D eigenvalue weighted by molar-refractivity contribution is 9.10. The van der Waals surface area contributed by atoms with E-state index in [1.807, 2.05) is 43.3 Å². The number of rotatable bonds is 6. The maximum atomic E-state index is 12.9. The fraction of sp³-hybridized carbons (Fsp3) is 0.0909. The monoisotopic (exact) mass is 463 g/mol. The minimum absolute atomic E-state index is 0.206. The number of carbonyl (C=O) groups is 1. The molecule has 4 rings (SSSR count). The topological polar surface area (TPSA) is 81.9 Å². The zero-order valence-corrected chi connectivity index (χ0v) is 17.7. The second kappa shape index (κ2) is 8.87. The van der Waals surface area contributed by atoms with Crippen LogP contribution in [0.5, 0.6) is 11.6 Å². The Hall–Kier alpha value is -3.52. The molecule has 8 heteroatoms. The molecule has 1 atom stereocenters. The van der Waals surface area contributed by atoms with E-state index in [2.05, 4.69) is 36.3 Å². The number of amides is 1. The summed E-state index contributed by atoms with van der Waals surface area (Å²) in [6.45, 7) is 1.92. The Morgan fingerprint density at radius 2 is 1.87 bits per heavy atom. The highest BCUT2D eigenvalue weighted by Crippen LogP contribution is 2.25. The van der Waals surface area contributed by atoms with Crippen molar-refractivity contribution in [1.82, 2.24) is 25.1 Å². The van der Waals surface area contributed by atoms with E-state index in [1.165, 1.54) is 6.33 Å². The van der Waals surface area contributed by atoms with Crippen LogP contribution >= 0.6 is 15.9 Å². The first-order valence-electron chi connectivity index (χ1n) is 9.24. The van der Waals surface area contributed by atoms with Crippen LogP contribution < -0.4 is 10.1 Å². The molecule has 1 N–H and O–H groups in total. The van der Waals surface area contributed by atoms with Gasteiger partial charge < -0.3 is 10.1 Å². The van der Waals surface area contributed by atoms with E-state index < -0.39 is 0 Å². The third-order valence-corrected chi connectivity index (χ3v) is 5.00.